The number of rotatable bonds is 7. The first kappa shape index (κ1) is 21.8. The van der Waals surface area contributed by atoms with Crippen LogP contribution in [-0.4, -0.2) is 58.7 Å². The maximum atomic E-state index is 13.3. The first-order valence-corrected chi connectivity index (χ1v) is 11.1. The summed E-state index contributed by atoms with van der Waals surface area (Å²) in [7, 11) is -0.414. The minimum absolute atomic E-state index is 0.0709. The van der Waals surface area contributed by atoms with E-state index >= 15 is 0 Å². The van der Waals surface area contributed by atoms with Crippen LogP contribution in [0.5, 0.6) is 5.75 Å². The quantitative estimate of drug-likeness (QED) is 0.679. The number of piperidine rings is 1. The molecule has 2 aromatic carbocycles. The summed E-state index contributed by atoms with van der Waals surface area (Å²) in [4.78, 5) is 14.8. The van der Waals surface area contributed by atoms with Crippen molar-refractivity contribution < 1.29 is 17.9 Å². The van der Waals surface area contributed by atoms with Crippen LogP contribution in [0.4, 0.5) is 5.69 Å². The fourth-order valence-electron chi connectivity index (χ4n) is 3.08. The highest BCUT2D eigenvalue weighted by Gasteiger charge is 2.27. The molecule has 3 rings (SSSR count). The summed E-state index contributed by atoms with van der Waals surface area (Å²) in [6, 6.07) is 14.6. The number of amides is 1. The van der Waals surface area contributed by atoms with Gasteiger partial charge < -0.3 is 9.64 Å². The second-order valence-electron chi connectivity index (χ2n) is 7.04. The maximum absolute atomic E-state index is 13.3. The lowest BCUT2D eigenvalue weighted by Crippen LogP contribution is -2.40. The molecule has 0 bridgehead atoms. The average molecular weight is 431 g/mol. The number of nitrogens with one attached hydrogen (secondary N) is 1. The predicted molar refractivity (Wildman–Crippen MR) is 116 cm³/mol. The number of ether oxygens (including phenoxy) is 1. The summed E-state index contributed by atoms with van der Waals surface area (Å²) >= 11 is 0. The van der Waals surface area contributed by atoms with E-state index in [0.29, 0.717) is 11.4 Å². The number of hydrogen-bond acceptors (Lipinski definition) is 6. The summed E-state index contributed by atoms with van der Waals surface area (Å²) in [6.45, 7) is 1.39. The summed E-state index contributed by atoms with van der Waals surface area (Å²) < 4.78 is 32.7. The molecule has 1 amide bonds. The number of anilines is 1. The van der Waals surface area contributed by atoms with E-state index in [1.54, 1.807) is 42.5 Å². The van der Waals surface area contributed by atoms with Crippen LogP contribution in [-0.2, 0) is 14.8 Å². The van der Waals surface area contributed by atoms with Crippen LogP contribution >= 0.6 is 0 Å². The van der Waals surface area contributed by atoms with Crippen LogP contribution in [0.25, 0.3) is 0 Å². The summed E-state index contributed by atoms with van der Waals surface area (Å²) in [6.07, 6.45) is 1.56. The molecular weight excluding hydrogens is 404 g/mol. The monoisotopic (exact) mass is 430 g/mol. The highest BCUT2D eigenvalue weighted by molar-refractivity contribution is 7.92. The highest BCUT2D eigenvalue weighted by atomic mass is 32.2. The van der Waals surface area contributed by atoms with E-state index in [-0.39, 0.29) is 11.4 Å². The van der Waals surface area contributed by atoms with Crippen molar-refractivity contribution in [2.75, 3.05) is 38.1 Å². The van der Waals surface area contributed by atoms with E-state index in [0.717, 1.165) is 35.9 Å². The molecule has 0 atom stereocenters. The van der Waals surface area contributed by atoms with E-state index < -0.39 is 15.9 Å². The third kappa shape index (κ3) is 5.37. The van der Waals surface area contributed by atoms with Crippen molar-refractivity contribution >= 4 is 27.3 Å². The molecule has 2 aromatic rings. The molecule has 0 radical (unpaired) electrons. The number of hydrogen-bond donors (Lipinski definition) is 1. The van der Waals surface area contributed by atoms with Crippen LogP contribution in [0, 0.1) is 0 Å². The molecule has 0 aliphatic carbocycles. The van der Waals surface area contributed by atoms with Crippen LogP contribution < -0.4 is 14.5 Å². The van der Waals surface area contributed by atoms with Gasteiger partial charge in [0.05, 0.1) is 17.7 Å². The van der Waals surface area contributed by atoms with Crippen LogP contribution in [0.1, 0.15) is 12.8 Å². The van der Waals surface area contributed by atoms with Gasteiger partial charge in [0.2, 0.25) is 0 Å². The van der Waals surface area contributed by atoms with Gasteiger partial charge in [-0.05, 0) is 43.4 Å². The Morgan fingerprint density at radius 3 is 2.33 bits per heavy atom. The van der Waals surface area contributed by atoms with Gasteiger partial charge in [-0.25, -0.2) is 13.8 Å². The molecule has 1 saturated heterocycles. The molecule has 0 aromatic heterocycles. The molecule has 0 saturated carbocycles. The van der Waals surface area contributed by atoms with Gasteiger partial charge in [0, 0.05) is 31.6 Å². The summed E-state index contributed by atoms with van der Waals surface area (Å²) in [5.74, 6) is 0.0503. The van der Waals surface area contributed by atoms with Gasteiger partial charge in [0.15, 0.2) is 0 Å². The van der Waals surface area contributed by atoms with Gasteiger partial charge in [-0.2, -0.15) is 5.10 Å². The van der Waals surface area contributed by atoms with Crippen LogP contribution in [0.15, 0.2) is 64.6 Å². The highest BCUT2D eigenvalue weighted by Crippen LogP contribution is 2.24. The number of carbonyl (C=O) groups is 1. The van der Waals surface area contributed by atoms with Crippen molar-refractivity contribution in [2.24, 2.45) is 5.10 Å². The second-order valence-corrected chi connectivity index (χ2v) is 8.90. The molecule has 1 heterocycles. The normalized spacial score (nSPS) is 14.8. The van der Waals surface area contributed by atoms with Crippen molar-refractivity contribution in [3.8, 4) is 5.75 Å². The van der Waals surface area contributed by atoms with E-state index in [1.807, 2.05) is 7.05 Å². The van der Waals surface area contributed by atoms with E-state index in [2.05, 4.69) is 15.4 Å². The molecule has 0 unspecified atom stereocenters. The molecule has 30 heavy (non-hydrogen) atoms. The minimum atomic E-state index is -3.96. The van der Waals surface area contributed by atoms with Crippen molar-refractivity contribution in [3.05, 3.63) is 54.6 Å². The van der Waals surface area contributed by atoms with E-state index in [4.69, 9.17) is 4.74 Å². The Kier molecular flexibility index (Phi) is 7.07. The van der Waals surface area contributed by atoms with Crippen molar-refractivity contribution in [2.45, 2.75) is 17.7 Å². The number of hydrazone groups is 1. The van der Waals surface area contributed by atoms with Gasteiger partial charge in [-0.1, -0.05) is 18.2 Å². The molecule has 1 N–H and O–H groups in total. The zero-order valence-corrected chi connectivity index (χ0v) is 17.9. The molecule has 9 heteroatoms. The molecule has 0 spiro atoms. The van der Waals surface area contributed by atoms with E-state index in [1.165, 1.54) is 19.2 Å². The number of para-hydroxylation sites is 1. The molecule has 160 valence electrons. The Balaban J connectivity index is 1.80. The number of methoxy groups -OCH3 is 1. The first-order chi connectivity index (χ1) is 14.4. The molecule has 1 aliphatic heterocycles. The molecule has 8 nitrogen and oxygen atoms in total. The van der Waals surface area contributed by atoms with Gasteiger partial charge in [0.25, 0.3) is 15.9 Å². The number of sulfonamides is 1. The van der Waals surface area contributed by atoms with E-state index in [9.17, 15) is 13.2 Å². The third-order valence-electron chi connectivity index (χ3n) is 4.88. The number of likely N-dealkylation sites (tertiary alicyclic amines) is 1. The van der Waals surface area contributed by atoms with Crippen molar-refractivity contribution in [1.29, 1.82) is 0 Å². The van der Waals surface area contributed by atoms with Gasteiger partial charge in [0.1, 0.15) is 12.3 Å². The minimum Gasteiger partial charge on any atom is -0.497 e. The molecule has 1 fully saturated rings. The predicted octanol–water partition coefficient (Wildman–Crippen LogP) is 2.09. The Bertz CT molecular complexity index is 981. The third-order valence-corrected chi connectivity index (χ3v) is 6.67. The average Bonchev–Trinajstić information content (AvgIpc) is 2.77. The van der Waals surface area contributed by atoms with Crippen LogP contribution in [0.2, 0.25) is 0 Å². The van der Waals surface area contributed by atoms with Crippen LogP contribution in [0.3, 0.4) is 0 Å². The lowest BCUT2D eigenvalue weighted by atomic mass is 10.1. The lowest BCUT2D eigenvalue weighted by Gasteiger charge is -2.24. The SMILES string of the molecule is COc1ccc(S(=O)(=O)N(CC(=O)NN=C2CCN(C)CC2)c2ccccc2)cc1. The summed E-state index contributed by atoms with van der Waals surface area (Å²) in [5.41, 5.74) is 3.82. The van der Waals surface area contributed by atoms with Gasteiger partial charge in [-0.15, -0.1) is 0 Å². The van der Waals surface area contributed by atoms with Gasteiger partial charge in [-0.3, -0.25) is 9.10 Å². The Morgan fingerprint density at radius 2 is 1.73 bits per heavy atom. The Hall–Kier alpha value is -2.91. The fourth-order valence-corrected chi connectivity index (χ4v) is 4.50. The number of carbonyl (C=O) groups excluding carboxylic acids is 1. The largest absolute Gasteiger partial charge is 0.497 e. The summed E-state index contributed by atoms with van der Waals surface area (Å²) in [5, 5.41) is 4.19. The molecular formula is C21H26N4O4S. The zero-order chi connectivity index (χ0) is 21.6. The Labute approximate surface area is 177 Å². The maximum Gasteiger partial charge on any atom is 0.264 e. The smallest absolute Gasteiger partial charge is 0.264 e. The topological polar surface area (TPSA) is 91.3 Å². The second kappa shape index (κ2) is 9.73. The Morgan fingerprint density at radius 1 is 1.10 bits per heavy atom. The zero-order valence-electron chi connectivity index (χ0n) is 17.1. The first-order valence-electron chi connectivity index (χ1n) is 9.65. The van der Waals surface area contributed by atoms with Crippen molar-refractivity contribution in [3.63, 3.8) is 0 Å². The molecule has 1 aliphatic rings. The lowest BCUT2D eigenvalue weighted by molar-refractivity contribution is -0.119. The number of benzene rings is 2. The van der Waals surface area contributed by atoms with Crippen molar-refractivity contribution in [1.82, 2.24) is 10.3 Å². The number of nitrogens with zero attached hydrogens (tertiary/aromatic N) is 3. The standard InChI is InChI=1S/C21H26N4O4S/c1-24-14-12-17(13-15-24)22-23-21(26)16-25(18-6-4-3-5-7-18)30(27,28)20-10-8-19(29-2)9-11-20/h3-11H,12-16H2,1-2H3,(H,23,26). The fraction of sp³-hybridized carbons (Fsp3) is 0.333. The van der Waals surface area contributed by atoms with Gasteiger partial charge >= 0.3 is 0 Å².